The zero-order chi connectivity index (χ0) is 23.7. The van der Waals surface area contributed by atoms with Gasteiger partial charge in [-0.2, -0.15) is 4.98 Å². The van der Waals surface area contributed by atoms with Crippen LogP contribution in [0.2, 0.25) is 5.02 Å². The maximum absolute atomic E-state index is 13.3. The van der Waals surface area contributed by atoms with Gasteiger partial charge in [-0.05, 0) is 54.4 Å². The van der Waals surface area contributed by atoms with E-state index in [1.54, 1.807) is 29.2 Å². The number of carbonyl (C=O) groups is 1. The second kappa shape index (κ2) is 9.11. The number of allylic oxidation sites excluding steroid dienone is 1. The van der Waals surface area contributed by atoms with Crippen LogP contribution in [0.1, 0.15) is 30.0 Å². The lowest BCUT2D eigenvalue weighted by atomic mass is 9.94. The number of hydrogen-bond donors (Lipinski definition) is 1. The summed E-state index contributed by atoms with van der Waals surface area (Å²) < 4.78 is 19.0. The minimum Gasteiger partial charge on any atom is -0.334 e. The molecule has 170 valence electrons. The molecule has 2 amide bonds. The van der Waals surface area contributed by atoms with Gasteiger partial charge in [0.2, 0.25) is 5.82 Å². The molecule has 6 nitrogen and oxygen atoms in total. The van der Waals surface area contributed by atoms with E-state index in [0.29, 0.717) is 34.2 Å². The van der Waals surface area contributed by atoms with Crippen LogP contribution in [0.3, 0.4) is 0 Å². The quantitative estimate of drug-likeness (QED) is 0.372. The van der Waals surface area contributed by atoms with Crippen LogP contribution < -0.4 is 5.32 Å². The van der Waals surface area contributed by atoms with Gasteiger partial charge in [0.25, 0.3) is 5.89 Å². The topological polar surface area (TPSA) is 71.3 Å². The third kappa shape index (κ3) is 4.30. The van der Waals surface area contributed by atoms with Crippen LogP contribution in [0, 0.1) is 5.82 Å². The minimum atomic E-state index is -0.515. The molecule has 0 saturated carbocycles. The van der Waals surface area contributed by atoms with E-state index in [0.717, 1.165) is 11.1 Å². The van der Waals surface area contributed by atoms with E-state index >= 15 is 0 Å². The molecule has 1 aliphatic rings. The summed E-state index contributed by atoms with van der Waals surface area (Å²) in [6.45, 7) is 2.25. The van der Waals surface area contributed by atoms with E-state index in [2.05, 4.69) is 15.5 Å². The largest absolute Gasteiger partial charge is 0.334 e. The fraction of sp³-hybridized carbons (Fsp3) is 0.115. The lowest BCUT2D eigenvalue weighted by Gasteiger charge is -2.35. The summed E-state index contributed by atoms with van der Waals surface area (Å²) in [6, 6.07) is 22.1. The molecular weight excluding hydrogens is 455 g/mol. The summed E-state index contributed by atoms with van der Waals surface area (Å²) in [5, 5.41) is 7.76. The molecule has 1 atom stereocenters. The highest BCUT2D eigenvalue weighted by Crippen LogP contribution is 2.38. The smallest absolute Gasteiger partial charge is 0.322 e. The monoisotopic (exact) mass is 474 g/mol. The van der Waals surface area contributed by atoms with Gasteiger partial charge >= 0.3 is 6.03 Å². The van der Waals surface area contributed by atoms with E-state index in [-0.39, 0.29) is 17.7 Å². The normalized spacial score (nSPS) is 16.0. The van der Waals surface area contributed by atoms with Crippen molar-refractivity contribution in [3.8, 4) is 11.4 Å². The molecule has 1 aromatic heterocycles. The number of amides is 2. The van der Waals surface area contributed by atoms with Crippen LogP contribution in [0.15, 0.2) is 89.1 Å². The predicted molar refractivity (Wildman–Crippen MR) is 127 cm³/mol. The van der Waals surface area contributed by atoms with Crippen molar-refractivity contribution in [2.24, 2.45) is 0 Å². The number of carbonyl (C=O) groups excluding carboxylic acids is 1. The van der Waals surface area contributed by atoms with Gasteiger partial charge in [0.05, 0.1) is 18.2 Å². The van der Waals surface area contributed by atoms with Crippen LogP contribution in [-0.4, -0.2) is 21.1 Å². The third-order valence-electron chi connectivity index (χ3n) is 5.74. The standard InChI is InChI=1S/C26H20ClFN4O2/c1-16-22(25-30-24(31-34-25)19-9-13-21(28)14-10-19)23(18-7-11-20(27)12-8-18)29-26(33)32(16)15-17-5-3-2-4-6-17/h2-14,23H,15H2,1H3,(H,29,33). The summed E-state index contributed by atoms with van der Waals surface area (Å²) in [6.07, 6.45) is 0. The molecule has 34 heavy (non-hydrogen) atoms. The predicted octanol–water partition coefficient (Wildman–Crippen LogP) is 6.23. The number of benzene rings is 3. The fourth-order valence-corrected chi connectivity index (χ4v) is 4.10. The Morgan fingerprint density at radius 1 is 1.03 bits per heavy atom. The molecule has 1 unspecified atom stereocenters. The molecule has 4 aromatic rings. The van der Waals surface area contributed by atoms with Gasteiger partial charge in [-0.25, -0.2) is 9.18 Å². The van der Waals surface area contributed by atoms with Crippen LogP contribution in [0.25, 0.3) is 17.0 Å². The van der Waals surface area contributed by atoms with Gasteiger partial charge in [-0.15, -0.1) is 0 Å². The summed E-state index contributed by atoms with van der Waals surface area (Å²) in [4.78, 5) is 19.4. The van der Waals surface area contributed by atoms with Crippen LogP contribution in [-0.2, 0) is 6.54 Å². The number of rotatable bonds is 5. The lowest BCUT2D eigenvalue weighted by molar-refractivity contribution is 0.203. The first-order valence-corrected chi connectivity index (χ1v) is 11.1. The molecule has 1 aliphatic heterocycles. The van der Waals surface area contributed by atoms with Gasteiger partial charge in [0.1, 0.15) is 5.82 Å². The Morgan fingerprint density at radius 3 is 2.44 bits per heavy atom. The van der Waals surface area contributed by atoms with Crippen LogP contribution in [0.5, 0.6) is 0 Å². The molecule has 0 aliphatic carbocycles. The first-order chi connectivity index (χ1) is 16.5. The highest BCUT2D eigenvalue weighted by Gasteiger charge is 2.35. The van der Waals surface area contributed by atoms with Gasteiger partial charge in [0.15, 0.2) is 0 Å². The Hall–Kier alpha value is -3.97. The van der Waals surface area contributed by atoms with Gasteiger partial charge in [0, 0.05) is 16.3 Å². The Kier molecular flexibility index (Phi) is 5.86. The van der Waals surface area contributed by atoms with Crippen molar-refractivity contribution in [1.82, 2.24) is 20.4 Å². The highest BCUT2D eigenvalue weighted by molar-refractivity contribution is 6.30. The van der Waals surface area contributed by atoms with Crippen molar-refractivity contribution in [3.63, 3.8) is 0 Å². The Labute approximate surface area is 200 Å². The van der Waals surface area contributed by atoms with Crippen LogP contribution >= 0.6 is 11.6 Å². The number of hydrogen-bond acceptors (Lipinski definition) is 4. The first-order valence-electron chi connectivity index (χ1n) is 10.7. The zero-order valence-electron chi connectivity index (χ0n) is 18.2. The SMILES string of the molecule is CC1=C(c2nc(-c3ccc(F)cc3)no2)C(c2ccc(Cl)cc2)NC(=O)N1Cc1ccccc1. The molecule has 0 radical (unpaired) electrons. The van der Waals surface area contributed by atoms with E-state index < -0.39 is 6.04 Å². The molecule has 0 spiro atoms. The van der Waals surface area contributed by atoms with E-state index in [9.17, 15) is 9.18 Å². The molecule has 8 heteroatoms. The molecule has 0 fully saturated rings. The van der Waals surface area contributed by atoms with Crippen molar-refractivity contribution >= 4 is 23.2 Å². The number of aromatic nitrogens is 2. The Morgan fingerprint density at radius 2 is 1.74 bits per heavy atom. The molecule has 5 rings (SSSR count). The number of nitrogens with one attached hydrogen (secondary N) is 1. The summed E-state index contributed by atoms with van der Waals surface area (Å²) in [5.41, 5.74) is 3.81. The van der Waals surface area contributed by atoms with Crippen LogP contribution in [0.4, 0.5) is 9.18 Å². The highest BCUT2D eigenvalue weighted by atomic mass is 35.5. The second-order valence-corrected chi connectivity index (χ2v) is 8.37. The second-order valence-electron chi connectivity index (χ2n) is 7.93. The molecule has 0 bridgehead atoms. The van der Waals surface area contributed by atoms with E-state index in [1.807, 2.05) is 49.4 Å². The van der Waals surface area contributed by atoms with Crippen molar-refractivity contribution in [2.45, 2.75) is 19.5 Å². The maximum atomic E-state index is 13.3. The van der Waals surface area contributed by atoms with Gasteiger partial charge in [-0.3, -0.25) is 4.90 Å². The van der Waals surface area contributed by atoms with Crippen molar-refractivity contribution in [3.05, 3.63) is 112 Å². The molecular formula is C26H20ClFN4O2. The Balaban J connectivity index is 1.59. The summed E-state index contributed by atoms with van der Waals surface area (Å²) in [7, 11) is 0. The third-order valence-corrected chi connectivity index (χ3v) is 5.99. The summed E-state index contributed by atoms with van der Waals surface area (Å²) >= 11 is 6.08. The lowest BCUT2D eigenvalue weighted by Crippen LogP contribution is -2.45. The summed E-state index contributed by atoms with van der Waals surface area (Å²) in [5.74, 6) is 0.256. The van der Waals surface area contributed by atoms with Crippen molar-refractivity contribution < 1.29 is 13.7 Å². The van der Waals surface area contributed by atoms with Crippen molar-refractivity contribution in [1.29, 1.82) is 0 Å². The fourth-order valence-electron chi connectivity index (χ4n) is 3.97. The first kappa shape index (κ1) is 21.9. The molecule has 2 heterocycles. The number of halogens is 2. The molecule has 0 saturated heterocycles. The molecule has 1 N–H and O–H groups in total. The maximum Gasteiger partial charge on any atom is 0.322 e. The van der Waals surface area contributed by atoms with Gasteiger partial charge in [-0.1, -0.05) is 59.2 Å². The zero-order valence-corrected chi connectivity index (χ0v) is 19.0. The minimum absolute atomic E-state index is 0.233. The van der Waals surface area contributed by atoms with Gasteiger partial charge < -0.3 is 9.84 Å². The van der Waals surface area contributed by atoms with Crippen molar-refractivity contribution in [2.75, 3.05) is 0 Å². The van der Waals surface area contributed by atoms with E-state index in [4.69, 9.17) is 16.1 Å². The average molecular weight is 475 g/mol. The van der Waals surface area contributed by atoms with E-state index in [1.165, 1.54) is 12.1 Å². The number of nitrogens with zero attached hydrogens (tertiary/aromatic N) is 3. The number of urea groups is 1. The Bertz CT molecular complexity index is 1350. The average Bonchev–Trinajstić information content (AvgIpc) is 3.33. The molecule has 3 aromatic carbocycles.